The molecule has 0 spiro atoms. The van der Waals surface area contributed by atoms with E-state index in [0.29, 0.717) is 24.7 Å². The van der Waals surface area contributed by atoms with Gasteiger partial charge < -0.3 is 10.2 Å². The molecule has 152 valence electrons. The van der Waals surface area contributed by atoms with Crippen LogP contribution >= 0.6 is 9.24 Å². The summed E-state index contributed by atoms with van der Waals surface area (Å²) in [6.45, 7) is 5.95. The number of carbonyl (C=O) groups is 2. The van der Waals surface area contributed by atoms with Gasteiger partial charge in [-0.1, -0.05) is 26.1 Å². The molecular formula is C22H35O4P. The summed E-state index contributed by atoms with van der Waals surface area (Å²) in [5.74, 6) is 1.12. The zero-order valence-electron chi connectivity index (χ0n) is 16.9. The molecule has 0 aromatic heterocycles. The molecule has 8 atom stereocenters. The van der Waals surface area contributed by atoms with E-state index in [0.717, 1.165) is 32.1 Å². The smallest absolute Gasteiger partial charge is 0.161 e. The minimum absolute atomic E-state index is 0.0541. The second kappa shape index (κ2) is 7.69. The lowest BCUT2D eigenvalue weighted by atomic mass is 9.46. The van der Waals surface area contributed by atoms with E-state index in [-0.39, 0.29) is 40.8 Å². The van der Waals surface area contributed by atoms with Crippen LogP contribution in [0.15, 0.2) is 11.6 Å². The quantitative estimate of drug-likeness (QED) is 0.706. The third-order valence-electron chi connectivity index (χ3n) is 8.44. The van der Waals surface area contributed by atoms with Crippen molar-refractivity contribution in [3.05, 3.63) is 11.6 Å². The lowest BCUT2D eigenvalue weighted by Crippen LogP contribution is -2.57. The molecule has 5 heteroatoms. The van der Waals surface area contributed by atoms with E-state index in [2.05, 4.69) is 23.1 Å². The van der Waals surface area contributed by atoms with Crippen LogP contribution in [0, 0.1) is 34.5 Å². The van der Waals surface area contributed by atoms with Crippen molar-refractivity contribution in [1.29, 1.82) is 0 Å². The Labute approximate surface area is 165 Å². The zero-order valence-corrected chi connectivity index (χ0v) is 18.1. The van der Waals surface area contributed by atoms with Gasteiger partial charge >= 0.3 is 0 Å². The minimum Gasteiger partial charge on any atom is -0.393 e. The molecule has 4 rings (SSSR count). The molecule has 0 heterocycles. The Bertz CT molecular complexity index is 644. The summed E-state index contributed by atoms with van der Waals surface area (Å²) in [7, 11) is 2.42. The molecular weight excluding hydrogens is 359 g/mol. The highest BCUT2D eigenvalue weighted by atomic mass is 31.0. The number of aliphatic hydroxyl groups is 2. The number of fused-ring (bicyclic) bond motifs is 5. The van der Waals surface area contributed by atoms with Crippen LogP contribution in [0.4, 0.5) is 0 Å². The van der Waals surface area contributed by atoms with Crippen LogP contribution in [0.25, 0.3) is 0 Å². The van der Waals surface area contributed by atoms with Crippen LogP contribution in [-0.4, -0.2) is 41.2 Å². The van der Waals surface area contributed by atoms with Crippen molar-refractivity contribution in [1.82, 2.24) is 0 Å². The van der Waals surface area contributed by atoms with Gasteiger partial charge in [-0.25, -0.2) is 0 Å². The Morgan fingerprint density at radius 1 is 1.22 bits per heavy atom. The summed E-state index contributed by atoms with van der Waals surface area (Å²) >= 11 is 0. The molecule has 2 N–H and O–H groups in total. The molecule has 0 aromatic carbocycles. The molecule has 0 radical (unpaired) electrons. The van der Waals surface area contributed by atoms with E-state index in [1.165, 1.54) is 5.57 Å². The molecule has 8 unspecified atom stereocenters. The van der Waals surface area contributed by atoms with E-state index < -0.39 is 6.10 Å². The third-order valence-corrected chi connectivity index (χ3v) is 8.44. The van der Waals surface area contributed by atoms with Crippen LogP contribution in [-0.2, 0) is 9.59 Å². The number of hydrogen-bond donors (Lipinski definition) is 2. The molecule has 27 heavy (non-hydrogen) atoms. The van der Waals surface area contributed by atoms with Gasteiger partial charge in [0.25, 0.3) is 0 Å². The van der Waals surface area contributed by atoms with Gasteiger partial charge in [-0.2, -0.15) is 0 Å². The largest absolute Gasteiger partial charge is 0.393 e. The maximum absolute atomic E-state index is 12.3. The molecule has 3 saturated carbocycles. The Morgan fingerprint density at radius 2 is 1.93 bits per heavy atom. The average molecular weight is 394 g/mol. The highest BCUT2D eigenvalue weighted by molar-refractivity contribution is 7.15. The van der Waals surface area contributed by atoms with Gasteiger partial charge in [-0.15, -0.1) is 9.24 Å². The molecule has 4 aliphatic rings. The number of hydrogen-bond acceptors (Lipinski definition) is 4. The lowest BCUT2D eigenvalue weighted by molar-refractivity contribution is -0.146. The van der Waals surface area contributed by atoms with Crippen LogP contribution in [0.1, 0.15) is 58.8 Å². The number of Topliss-reactive ketones (excluding diaryl/α,β-unsaturated/α-hetero) is 1. The molecule has 0 saturated heterocycles. The van der Waals surface area contributed by atoms with Gasteiger partial charge in [0.15, 0.2) is 11.6 Å². The normalized spacial score (nSPS) is 45.6. The molecule has 0 aliphatic heterocycles. The fourth-order valence-electron chi connectivity index (χ4n) is 7.33. The van der Waals surface area contributed by atoms with Crippen molar-refractivity contribution < 1.29 is 19.8 Å². The fourth-order valence-corrected chi connectivity index (χ4v) is 7.33. The highest BCUT2D eigenvalue weighted by Gasteiger charge is 2.62. The molecule has 4 nitrogen and oxygen atoms in total. The summed E-state index contributed by atoms with van der Waals surface area (Å²) in [5, 5.41) is 20.5. The van der Waals surface area contributed by atoms with Gasteiger partial charge in [0.05, 0.1) is 6.10 Å². The van der Waals surface area contributed by atoms with Crippen LogP contribution < -0.4 is 0 Å². The van der Waals surface area contributed by atoms with E-state index in [1.807, 2.05) is 12.7 Å². The number of allylic oxidation sites excluding steroid dienone is 1. The van der Waals surface area contributed by atoms with Crippen molar-refractivity contribution in [3.8, 4) is 0 Å². The molecule has 3 fully saturated rings. The summed E-state index contributed by atoms with van der Waals surface area (Å²) in [6, 6.07) is 0. The van der Waals surface area contributed by atoms with E-state index in [1.54, 1.807) is 0 Å². The third kappa shape index (κ3) is 3.16. The maximum atomic E-state index is 12.3. The first-order valence-electron chi connectivity index (χ1n) is 10.4. The lowest BCUT2D eigenvalue weighted by Gasteiger charge is -2.59. The highest BCUT2D eigenvalue weighted by Crippen LogP contribution is 2.66. The minimum atomic E-state index is -0.430. The SMILES string of the molecule is CC12CCC(=O)C=C1CCC1C2C(O)CC2(C)C(C(=O)CO)CCC12.CP. The topological polar surface area (TPSA) is 74.6 Å². The second-order valence-corrected chi connectivity index (χ2v) is 9.42. The summed E-state index contributed by atoms with van der Waals surface area (Å²) in [5.41, 5.74) is 0.979. The Morgan fingerprint density at radius 3 is 2.59 bits per heavy atom. The molecule has 0 amide bonds. The van der Waals surface area contributed by atoms with E-state index in [4.69, 9.17) is 0 Å². The van der Waals surface area contributed by atoms with Crippen LogP contribution in [0.5, 0.6) is 0 Å². The first-order valence-corrected chi connectivity index (χ1v) is 11.6. The Kier molecular flexibility index (Phi) is 6.02. The number of rotatable bonds is 2. The van der Waals surface area contributed by atoms with Crippen LogP contribution in [0.2, 0.25) is 0 Å². The fraction of sp³-hybridized carbons (Fsp3) is 0.818. The molecule has 0 bridgehead atoms. The molecule has 4 aliphatic carbocycles. The summed E-state index contributed by atoms with van der Waals surface area (Å²) in [6.07, 6.45) is 7.32. The van der Waals surface area contributed by atoms with Gasteiger partial charge in [0.2, 0.25) is 0 Å². The Balaban J connectivity index is 0.00000102. The van der Waals surface area contributed by atoms with E-state index in [9.17, 15) is 19.8 Å². The van der Waals surface area contributed by atoms with E-state index >= 15 is 0 Å². The molecule has 0 aromatic rings. The first kappa shape index (κ1) is 21.1. The number of ketones is 2. The van der Waals surface area contributed by atoms with Crippen molar-refractivity contribution in [2.24, 2.45) is 34.5 Å². The predicted octanol–water partition coefficient (Wildman–Crippen LogP) is 3.16. The van der Waals surface area contributed by atoms with Crippen molar-refractivity contribution in [2.45, 2.75) is 64.9 Å². The average Bonchev–Trinajstić information content (AvgIpc) is 2.99. The van der Waals surface area contributed by atoms with Crippen molar-refractivity contribution in [3.63, 3.8) is 0 Å². The predicted molar refractivity (Wildman–Crippen MR) is 109 cm³/mol. The second-order valence-electron chi connectivity index (χ2n) is 9.42. The number of aliphatic hydroxyl groups excluding tert-OH is 2. The van der Waals surface area contributed by atoms with Gasteiger partial charge in [-0.3, -0.25) is 9.59 Å². The standard InChI is InChI=1S/C21H30O4.CH5P/c1-20-8-7-13(23)9-12(20)3-4-14-15-5-6-16(18(25)11-22)21(15,2)10-17(24)19(14)20;1-2/h9,14-17,19,22,24H,3-8,10-11H2,1-2H3;2H2,1H3. The van der Waals surface area contributed by atoms with Crippen molar-refractivity contribution >= 4 is 20.8 Å². The Hall–Kier alpha value is -0.570. The number of carbonyl (C=O) groups excluding carboxylic acids is 2. The van der Waals surface area contributed by atoms with Crippen LogP contribution in [0.3, 0.4) is 0 Å². The van der Waals surface area contributed by atoms with Gasteiger partial charge in [0, 0.05) is 12.3 Å². The maximum Gasteiger partial charge on any atom is 0.161 e. The van der Waals surface area contributed by atoms with Gasteiger partial charge in [-0.05, 0) is 73.2 Å². The summed E-state index contributed by atoms with van der Waals surface area (Å²) in [4.78, 5) is 24.2. The zero-order chi connectivity index (χ0) is 20.0. The monoisotopic (exact) mass is 394 g/mol. The van der Waals surface area contributed by atoms with Gasteiger partial charge in [0.1, 0.15) is 6.61 Å². The summed E-state index contributed by atoms with van der Waals surface area (Å²) < 4.78 is 0. The van der Waals surface area contributed by atoms with Crippen molar-refractivity contribution in [2.75, 3.05) is 13.3 Å². The first-order chi connectivity index (χ1) is 12.8.